The minimum atomic E-state index is -4.69. The summed E-state index contributed by atoms with van der Waals surface area (Å²) in [6.45, 7) is 8.28. The standard InChI is InChI=1S/C20H25F3N6O3/c1-18(2,3)32-17(31)25-19(4,5)11-28-13(9-15(26-28)20(21,22)23)14-10-27(6)16(30)12-7-8-24-29(12)14/h7-10H,11H2,1-6H3,(H,25,31). The Morgan fingerprint density at radius 2 is 1.81 bits per heavy atom. The molecule has 0 fully saturated rings. The van der Waals surface area contributed by atoms with Gasteiger partial charge in [0.2, 0.25) is 0 Å². The van der Waals surface area contributed by atoms with E-state index in [1.165, 1.54) is 34.6 Å². The van der Waals surface area contributed by atoms with Crippen LogP contribution in [0, 0.1) is 0 Å². The summed E-state index contributed by atoms with van der Waals surface area (Å²) in [6, 6.07) is 2.37. The van der Waals surface area contributed by atoms with Crippen molar-refractivity contribution in [2.45, 2.75) is 58.5 Å². The van der Waals surface area contributed by atoms with Crippen molar-refractivity contribution in [3.8, 4) is 11.4 Å². The molecule has 0 aliphatic heterocycles. The third kappa shape index (κ3) is 4.94. The fourth-order valence-corrected chi connectivity index (χ4v) is 3.19. The summed E-state index contributed by atoms with van der Waals surface area (Å²) >= 11 is 0. The summed E-state index contributed by atoms with van der Waals surface area (Å²) in [4.78, 5) is 24.5. The Morgan fingerprint density at radius 1 is 1.16 bits per heavy atom. The van der Waals surface area contributed by atoms with Gasteiger partial charge in [0.25, 0.3) is 5.56 Å². The van der Waals surface area contributed by atoms with Gasteiger partial charge in [0.15, 0.2) is 5.69 Å². The molecule has 174 valence electrons. The van der Waals surface area contributed by atoms with Crippen LogP contribution >= 0.6 is 0 Å². The molecule has 0 radical (unpaired) electrons. The number of fused-ring (bicyclic) bond motifs is 1. The van der Waals surface area contributed by atoms with E-state index in [0.29, 0.717) is 0 Å². The molecule has 32 heavy (non-hydrogen) atoms. The first-order valence-electron chi connectivity index (χ1n) is 9.77. The maximum atomic E-state index is 13.5. The Bertz CT molecular complexity index is 1210. The lowest BCUT2D eigenvalue weighted by Gasteiger charge is -2.29. The summed E-state index contributed by atoms with van der Waals surface area (Å²) in [6.07, 6.45) is -2.61. The molecule has 0 spiro atoms. The number of halogens is 3. The molecular weight excluding hydrogens is 429 g/mol. The van der Waals surface area contributed by atoms with Gasteiger partial charge < -0.3 is 14.6 Å². The number of carbonyl (C=O) groups excluding carboxylic acids is 1. The lowest BCUT2D eigenvalue weighted by Crippen LogP contribution is -2.48. The summed E-state index contributed by atoms with van der Waals surface area (Å²) in [5, 5.41) is 10.5. The van der Waals surface area contributed by atoms with Gasteiger partial charge in [0.1, 0.15) is 16.8 Å². The summed E-state index contributed by atoms with van der Waals surface area (Å²) < 4.78 is 49.4. The normalized spacial score (nSPS) is 12.9. The van der Waals surface area contributed by atoms with Crippen molar-refractivity contribution in [2.24, 2.45) is 7.05 Å². The average molecular weight is 454 g/mol. The SMILES string of the molecule is Cn1cc(-c2cc(C(F)(F)F)nn2CC(C)(C)NC(=O)OC(C)(C)C)n2nccc2c1=O. The first kappa shape index (κ1) is 23.4. The number of ether oxygens (including phenoxy) is 1. The molecule has 3 aromatic rings. The van der Waals surface area contributed by atoms with Gasteiger partial charge in [-0.1, -0.05) is 0 Å². The zero-order chi connectivity index (χ0) is 24.1. The number of alkyl halides is 3. The first-order valence-corrected chi connectivity index (χ1v) is 9.77. The predicted octanol–water partition coefficient (Wildman–Crippen LogP) is 3.22. The van der Waals surface area contributed by atoms with Crippen LogP contribution < -0.4 is 10.9 Å². The molecule has 0 aliphatic rings. The summed E-state index contributed by atoms with van der Waals surface area (Å²) in [5.41, 5.74) is -2.67. The number of carbonyl (C=O) groups is 1. The largest absolute Gasteiger partial charge is 0.444 e. The predicted molar refractivity (Wildman–Crippen MR) is 110 cm³/mol. The minimum Gasteiger partial charge on any atom is -0.444 e. The molecule has 1 N–H and O–H groups in total. The topological polar surface area (TPSA) is 95.4 Å². The van der Waals surface area contributed by atoms with Gasteiger partial charge in [0.05, 0.1) is 24.0 Å². The minimum absolute atomic E-state index is 0.0840. The van der Waals surface area contributed by atoms with Crippen molar-refractivity contribution in [3.05, 3.63) is 40.6 Å². The Kier molecular flexibility index (Phi) is 5.60. The number of aromatic nitrogens is 5. The van der Waals surface area contributed by atoms with E-state index in [9.17, 15) is 22.8 Å². The number of amides is 1. The van der Waals surface area contributed by atoms with Crippen LogP contribution in [0.3, 0.4) is 0 Å². The van der Waals surface area contributed by atoms with E-state index in [1.54, 1.807) is 34.6 Å². The van der Waals surface area contributed by atoms with Crippen LogP contribution in [0.1, 0.15) is 40.3 Å². The molecule has 0 bridgehead atoms. The first-order chi connectivity index (χ1) is 14.6. The highest BCUT2D eigenvalue weighted by molar-refractivity contribution is 5.68. The molecule has 3 heterocycles. The molecule has 12 heteroatoms. The van der Waals surface area contributed by atoms with Crippen LogP contribution in [0.4, 0.5) is 18.0 Å². The van der Waals surface area contributed by atoms with Gasteiger partial charge in [-0.25, -0.2) is 9.31 Å². The van der Waals surface area contributed by atoms with Crippen molar-refractivity contribution < 1.29 is 22.7 Å². The van der Waals surface area contributed by atoms with Crippen LogP contribution in [-0.2, 0) is 24.5 Å². The Morgan fingerprint density at radius 3 is 2.41 bits per heavy atom. The molecule has 0 atom stereocenters. The van der Waals surface area contributed by atoms with Gasteiger partial charge in [-0.05, 0) is 46.8 Å². The van der Waals surface area contributed by atoms with Crippen molar-refractivity contribution in [3.63, 3.8) is 0 Å². The van der Waals surface area contributed by atoms with Crippen LogP contribution in [0.25, 0.3) is 16.9 Å². The summed E-state index contributed by atoms with van der Waals surface area (Å²) in [7, 11) is 1.50. The zero-order valence-corrected chi connectivity index (χ0v) is 18.6. The molecule has 0 saturated heterocycles. The van der Waals surface area contributed by atoms with E-state index in [2.05, 4.69) is 15.5 Å². The third-order valence-corrected chi connectivity index (χ3v) is 4.44. The van der Waals surface area contributed by atoms with Gasteiger partial charge in [0, 0.05) is 13.2 Å². The Balaban J connectivity index is 2.07. The highest BCUT2D eigenvalue weighted by Gasteiger charge is 2.36. The molecule has 0 aliphatic carbocycles. The second-order valence-corrected chi connectivity index (χ2v) is 9.14. The van der Waals surface area contributed by atoms with Crippen molar-refractivity contribution in [1.29, 1.82) is 0 Å². The summed E-state index contributed by atoms with van der Waals surface area (Å²) in [5.74, 6) is 0. The van der Waals surface area contributed by atoms with Crippen molar-refractivity contribution in [2.75, 3.05) is 0 Å². The second-order valence-electron chi connectivity index (χ2n) is 9.14. The van der Waals surface area contributed by atoms with Gasteiger partial charge >= 0.3 is 12.3 Å². The number of nitrogens with zero attached hydrogens (tertiary/aromatic N) is 5. The van der Waals surface area contributed by atoms with E-state index in [4.69, 9.17) is 4.74 Å². The molecular formula is C20H25F3N6O3. The lowest BCUT2D eigenvalue weighted by atomic mass is 10.1. The molecule has 1 amide bonds. The molecule has 0 aromatic carbocycles. The Labute approximate surface area is 181 Å². The molecule has 3 rings (SSSR count). The molecule has 9 nitrogen and oxygen atoms in total. The highest BCUT2D eigenvalue weighted by atomic mass is 19.4. The van der Waals surface area contributed by atoms with E-state index in [-0.39, 0.29) is 29.0 Å². The number of hydrogen-bond acceptors (Lipinski definition) is 5. The van der Waals surface area contributed by atoms with E-state index in [0.717, 1.165) is 10.7 Å². The van der Waals surface area contributed by atoms with Crippen molar-refractivity contribution >= 4 is 11.6 Å². The van der Waals surface area contributed by atoms with E-state index in [1.807, 2.05) is 0 Å². The molecule has 3 aromatic heterocycles. The van der Waals surface area contributed by atoms with E-state index < -0.39 is 29.1 Å². The lowest BCUT2D eigenvalue weighted by molar-refractivity contribution is -0.141. The van der Waals surface area contributed by atoms with Crippen LogP contribution in [-0.4, -0.2) is 41.2 Å². The van der Waals surface area contributed by atoms with Gasteiger partial charge in [-0.2, -0.15) is 23.4 Å². The van der Waals surface area contributed by atoms with Gasteiger partial charge in [-0.15, -0.1) is 0 Å². The monoisotopic (exact) mass is 454 g/mol. The van der Waals surface area contributed by atoms with Crippen LogP contribution in [0.2, 0.25) is 0 Å². The zero-order valence-electron chi connectivity index (χ0n) is 18.6. The maximum absolute atomic E-state index is 13.5. The number of nitrogens with one attached hydrogen (secondary N) is 1. The van der Waals surface area contributed by atoms with Crippen molar-refractivity contribution in [1.82, 2.24) is 29.3 Å². The smallest absolute Gasteiger partial charge is 0.435 e. The van der Waals surface area contributed by atoms with E-state index >= 15 is 0 Å². The number of hydrogen-bond donors (Lipinski definition) is 1. The second kappa shape index (κ2) is 7.68. The number of alkyl carbamates (subject to hydrolysis) is 1. The number of rotatable bonds is 4. The average Bonchev–Trinajstić information content (AvgIpc) is 3.22. The quantitative estimate of drug-likeness (QED) is 0.653. The maximum Gasteiger partial charge on any atom is 0.435 e. The van der Waals surface area contributed by atoms with Crippen LogP contribution in [0.5, 0.6) is 0 Å². The Hall–Kier alpha value is -3.31. The number of aryl methyl sites for hydroxylation is 1. The van der Waals surface area contributed by atoms with Crippen LogP contribution in [0.15, 0.2) is 29.3 Å². The highest BCUT2D eigenvalue weighted by Crippen LogP contribution is 2.32. The fourth-order valence-electron chi connectivity index (χ4n) is 3.19. The van der Waals surface area contributed by atoms with Gasteiger partial charge in [-0.3, -0.25) is 9.48 Å². The molecule has 0 unspecified atom stereocenters. The third-order valence-electron chi connectivity index (χ3n) is 4.44. The fraction of sp³-hybridized carbons (Fsp3) is 0.500. The molecule has 0 saturated carbocycles.